The van der Waals surface area contributed by atoms with E-state index in [9.17, 15) is 31.9 Å². The molecule has 1 aliphatic heterocycles. The molecule has 1 saturated heterocycles. The minimum atomic E-state index is -4.67. The predicted octanol–water partition coefficient (Wildman–Crippen LogP) is 4.87. The molecule has 150 valence electrons. The van der Waals surface area contributed by atoms with Crippen LogP contribution in [0.4, 0.5) is 22.0 Å². The SMILES string of the molecule is O=C(O)C1CCCN(C(c2ccc(F)cc2F)c2ccccc2C(F)(F)F)C1. The number of alkyl halides is 3. The second-order valence-corrected chi connectivity index (χ2v) is 6.83. The number of aliphatic carboxylic acids is 1. The van der Waals surface area contributed by atoms with E-state index < -0.39 is 41.3 Å². The lowest BCUT2D eigenvalue weighted by Gasteiger charge is -2.38. The van der Waals surface area contributed by atoms with Crippen molar-refractivity contribution >= 4 is 5.97 Å². The number of benzene rings is 2. The van der Waals surface area contributed by atoms with Crippen LogP contribution in [-0.2, 0) is 11.0 Å². The maximum absolute atomic E-state index is 14.6. The van der Waals surface area contributed by atoms with Gasteiger partial charge in [-0.2, -0.15) is 13.2 Å². The van der Waals surface area contributed by atoms with Crippen LogP contribution in [0.1, 0.15) is 35.6 Å². The highest BCUT2D eigenvalue weighted by molar-refractivity contribution is 5.70. The molecule has 0 radical (unpaired) electrons. The molecule has 3 rings (SSSR count). The fraction of sp³-hybridized carbons (Fsp3) is 0.350. The standard InChI is InChI=1S/C20H18F5NO2/c21-13-7-8-15(17(22)10-13)18(26-9-3-4-12(11-26)19(27)28)14-5-1-2-6-16(14)20(23,24)25/h1-2,5-8,10,12,18H,3-4,9,11H2,(H,27,28). The second-order valence-electron chi connectivity index (χ2n) is 6.83. The largest absolute Gasteiger partial charge is 0.481 e. The molecule has 2 aromatic rings. The Morgan fingerprint density at radius 1 is 1.11 bits per heavy atom. The topological polar surface area (TPSA) is 40.5 Å². The number of hydrogen-bond donors (Lipinski definition) is 1. The van der Waals surface area contributed by atoms with Gasteiger partial charge in [0, 0.05) is 18.2 Å². The van der Waals surface area contributed by atoms with Gasteiger partial charge in [0.1, 0.15) is 11.6 Å². The Kier molecular flexibility index (Phi) is 5.69. The van der Waals surface area contributed by atoms with Crippen LogP contribution < -0.4 is 0 Å². The number of likely N-dealkylation sites (tertiary alicyclic amines) is 1. The van der Waals surface area contributed by atoms with E-state index >= 15 is 0 Å². The third-order valence-corrected chi connectivity index (χ3v) is 4.99. The fourth-order valence-corrected chi connectivity index (χ4v) is 3.72. The number of halogens is 5. The third kappa shape index (κ3) is 4.16. The molecule has 2 atom stereocenters. The van der Waals surface area contributed by atoms with Crippen molar-refractivity contribution in [1.29, 1.82) is 0 Å². The first-order valence-electron chi connectivity index (χ1n) is 8.76. The van der Waals surface area contributed by atoms with Gasteiger partial charge in [0.2, 0.25) is 0 Å². The van der Waals surface area contributed by atoms with Gasteiger partial charge in [0.15, 0.2) is 0 Å². The molecular formula is C20H18F5NO2. The maximum atomic E-state index is 14.6. The Hall–Kier alpha value is -2.48. The minimum Gasteiger partial charge on any atom is -0.481 e. The third-order valence-electron chi connectivity index (χ3n) is 4.99. The summed E-state index contributed by atoms with van der Waals surface area (Å²) in [5, 5.41) is 9.32. The summed E-state index contributed by atoms with van der Waals surface area (Å²) < 4.78 is 68.7. The number of carboxylic acid groups (broad SMARTS) is 1. The molecule has 28 heavy (non-hydrogen) atoms. The average Bonchev–Trinajstić information content (AvgIpc) is 2.63. The van der Waals surface area contributed by atoms with Crippen molar-refractivity contribution in [2.75, 3.05) is 13.1 Å². The molecule has 0 aromatic heterocycles. The van der Waals surface area contributed by atoms with E-state index in [1.165, 1.54) is 23.1 Å². The number of hydrogen-bond acceptors (Lipinski definition) is 2. The van der Waals surface area contributed by atoms with E-state index in [-0.39, 0.29) is 17.7 Å². The lowest BCUT2D eigenvalue weighted by atomic mass is 9.89. The molecule has 0 aliphatic carbocycles. The molecule has 2 unspecified atom stereocenters. The molecule has 0 spiro atoms. The van der Waals surface area contributed by atoms with E-state index in [1.54, 1.807) is 0 Å². The first kappa shape index (κ1) is 20.3. The van der Waals surface area contributed by atoms with Crippen molar-refractivity contribution in [2.45, 2.75) is 25.1 Å². The molecule has 0 amide bonds. The molecular weight excluding hydrogens is 381 g/mol. The lowest BCUT2D eigenvalue weighted by Crippen LogP contribution is -2.42. The zero-order valence-corrected chi connectivity index (χ0v) is 14.7. The van der Waals surface area contributed by atoms with Crippen molar-refractivity contribution in [2.24, 2.45) is 5.92 Å². The molecule has 1 fully saturated rings. The van der Waals surface area contributed by atoms with Gasteiger partial charge in [-0.05, 0) is 37.1 Å². The Labute approximate surface area is 158 Å². The lowest BCUT2D eigenvalue weighted by molar-refractivity contribution is -0.144. The zero-order valence-electron chi connectivity index (χ0n) is 14.7. The maximum Gasteiger partial charge on any atom is 0.416 e. The van der Waals surface area contributed by atoms with Gasteiger partial charge < -0.3 is 5.11 Å². The van der Waals surface area contributed by atoms with Crippen molar-refractivity contribution in [3.8, 4) is 0 Å². The van der Waals surface area contributed by atoms with Crippen LogP contribution in [0.15, 0.2) is 42.5 Å². The second kappa shape index (κ2) is 7.87. The molecule has 8 heteroatoms. The summed E-state index contributed by atoms with van der Waals surface area (Å²) in [5.74, 6) is -3.63. The summed E-state index contributed by atoms with van der Waals surface area (Å²) in [6.07, 6.45) is -3.83. The molecule has 2 aromatic carbocycles. The number of piperidine rings is 1. The molecule has 1 N–H and O–H groups in total. The van der Waals surface area contributed by atoms with Crippen LogP contribution in [0.25, 0.3) is 0 Å². The number of rotatable bonds is 4. The molecule has 1 aliphatic rings. The number of carbonyl (C=O) groups is 1. The summed E-state index contributed by atoms with van der Waals surface area (Å²) in [4.78, 5) is 12.9. The minimum absolute atomic E-state index is 0.0248. The molecule has 0 saturated carbocycles. The van der Waals surface area contributed by atoms with Gasteiger partial charge in [0.25, 0.3) is 0 Å². The molecule has 0 bridgehead atoms. The van der Waals surface area contributed by atoms with Gasteiger partial charge in [-0.1, -0.05) is 24.3 Å². The predicted molar refractivity (Wildman–Crippen MR) is 91.6 cm³/mol. The summed E-state index contributed by atoms with van der Waals surface area (Å²) in [5.41, 5.74) is -1.24. The Bertz CT molecular complexity index is 868. The highest BCUT2D eigenvalue weighted by atomic mass is 19.4. The normalized spacial score (nSPS) is 19.4. The van der Waals surface area contributed by atoms with E-state index in [1.807, 2.05) is 0 Å². The highest BCUT2D eigenvalue weighted by Crippen LogP contribution is 2.41. The van der Waals surface area contributed by atoms with Crippen LogP contribution >= 0.6 is 0 Å². The average molecular weight is 399 g/mol. The van der Waals surface area contributed by atoms with Gasteiger partial charge in [-0.15, -0.1) is 0 Å². The van der Waals surface area contributed by atoms with E-state index in [0.29, 0.717) is 25.5 Å². The summed E-state index contributed by atoms with van der Waals surface area (Å²) >= 11 is 0. The van der Waals surface area contributed by atoms with Crippen LogP contribution in [0.2, 0.25) is 0 Å². The van der Waals surface area contributed by atoms with Crippen LogP contribution in [0, 0.1) is 17.6 Å². The molecule has 3 nitrogen and oxygen atoms in total. The van der Waals surface area contributed by atoms with E-state index in [2.05, 4.69) is 0 Å². The Morgan fingerprint density at radius 3 is 2.46 bits per heavy atom. The number of nitrogens with zero attached hydrogens (tertiary/aromatic N) is 1. The smallest absolute Gasteiger partial charge is 0.416 e. The van der Waals surface area contributed by atoms with E-state index in [0.717, 1.165) is 18.2 Å². The van der Waals surface area contributed by atoms with Gasteiger partial charge in [-0.3, -0.25) is 9.69 Å². The summed E-state index contributed by atoms with van der Waals surface area (Å²) in [7, 11) is 0. The highest BCUT2D eigenvalue weighted by Gasteiger charge is 2.39. The van der Waals surface area contributed by atoms with Crippen LogP contribution in [0.3, 0.4) is 0 Å². The van der Waals surface area contributed by atoms with E-state index in [4.69, 9.17) is 0 Å². The van der Waals surface area contributed by atoms with Gasteiger partial charge >= 0.3 is 12.1 Å². The fourth-order valence-electron chi connectivity index (χ4n) is 3.72. The Balaban J connectivity index is 2.15. The first-order chi connectivity index (χ1) is 13.2. The van der Waals surface area contributed by atoms with Crippen LogP contribution in [-0.4, -0.2) is 29.1 Å². The van der Waals surface area contributed by atoms with Crippen molar-refractivity contribution < 1.29 is 31.9 Å². The quantitative estimate of drug-likeness (QED) is 0.746. The summed E-state index contributed by atoms with van der Waals surface area (Å²) in [6, 6.07) is 6.35. The summed E-state index contributed by atoms with van der Waals surface area (Å²) in [6.45, 7) is 0.278. The van der Waals surface area contributed by atoms with Crippen molar-refractivity contribution in [3.63, 3.8) is 0 Å². The monoisotopic (exact) mass is 399 g/mol. The zero-order chi connectivity index (χ0) is 20.5. The van der Waals surface area contributed by atoms with Gasteiger partial charge in [-0.25, -0.2) is 8.78 Å². The van der Waals surface area contributed by atoms with Gasteiger partial charge in [0.05, 0.1) is 17.5 Å². The van der Waals surface area contributed by atoms with Crippen LogP contribution in [0.5, 0.6) is 0 Å². The first-order valence-corrected chi connectivity index (χ1v) is 8.76. The number of carboxylic acids is 1. The van der Waals surface area contributed by atoms with Crippen molar-refractivity contribution in [3.05, 3.63) is 70.8 Å². The molecule has 1 heterocycles. The van der Waals surface area contributed by atoms with Crippen molar-refractivity contribution in [1.82, 2.24) is 4.90 Å². The Morgan fingerprint density at radius 2 is 1.82 bits per heavy atom.